The van der Waals surface area contributed by atoms with E-state index in [1.54, 1.807) is 0 Å². The topological polar surface area (TPSA) is 6.48 Å². The van der Waals surface area contributed by atoms with Crippen LogP contribution in [0.3, 0.4) is 0 Å². The van der Waals surface area contributed by atoms with Crippen LogP contribution in [0.25, 0.3) is 0 Å². The Morgan fingerprint density at radius 1 is 0.875 bits per heavy atom. The van der Waals surface area contributed by atoms with Crippen LogP contribution in [0.2, 0.25) is 0 Å². The number of alkyl halides is 3. The molecule has 1 heterocycles. The average Bonchev–Trinajstić information content (AvgIpc) is 3.01. The summed E-state index contributed by atoms with van der Waals surface area (Å²) in [6, 6.07) is 16.8. The Labute approximate surface area is 158 Å². The zero-order chi connectivity index (χ0) is 17.3. The van der Waals surface area contributed by atoms with Crippen LogP contribution in [0, 0.1) is 6.92 Å². The van der Waals surface area contributed by atoms with Gasteiger partial charge >= 0.3 is 0 Å². The number of rotatable bonds is 3. The smallest absolute Gasteiger partial charge is 0.228 e. The zero-order valence-electron chi connectivity index (χ0n) is 13.8. The molecule has 1 unspecified atom stereocenters. The van der Waals surface area contributed by atoms with Crippen molar-refractivity contribution in [3.8, 4) is 0 Å². The van der Waals surface area contributed by atoms with Crippen LogP contribution in [-0.4, -0.2) is 23.0 Å². The van der Waals surface area contributed by atoms with Crippen LogP contribution >= 0.6 is 34.8 Å². The van der Waals surface area contributed by atoms with Gasteiger partial charge in [-0.1, -0.05) is 71.6 Å². The average molecular weight is 384 g/mol. The van der Waals surface area contributed by atoms with Crippen LogP contribution in [0.15, 0.2) is 48.5 Å². The van der Waals surface area contributed by atoms with E-state index in [-0.39, 0.29) is 6.17 Å². The maximum absolute atomic E-state index is 6.37. The van der Waals surface area contributed by atoms with E-state index in [4.69, 9.17) is 34.8 Å². The van der Waals surface area contributed by atoms with E-state index in [0.29, 0.717) is 0 Å². The van der Waals surface area contributed by atoms with Crippen LogP contribution in [-0.2, 0) is 6.42 Å². The second kappa shape index (κ2) is 7.03. The molecule has 0 radical (unpaired) electrons. The highest BCUT2D eigenvalue weighted by atomic mass is 35.6. The largest absolute Gasteiger partial charge is 0.346 e. The molecule has 2 aromatic carbocycles. The Kier molecular flexibility index (Phi) is 5.19. The summed E-state index contributed by atoms with van der Waals surface area (Å²) in [6.45, 7) is 5.85. The number of aryl methyl sites for hydroxylation is 2. The molecule has 1 aliphatic rings. The first-order valence-corrected chi connectivity index (χ1v) is 9.29. The maximum Gasteiger partial charge on any atom is 0.228 e. The van der Waals surface area contributed by atoms with Crippen LogP contribution in [0.5, 0.6) is 0 Å². The van der Waals surface area contributed by atoms with Crippen molar-refractivity contribution in [1.29, 1.82) is 0 Å². The molecular weight excluding hydrogens is 363 g/mol. The van der Waals surface area contributed by atoms with Gasteiger partial charge in [0.05, 0.1) is 0 Å². The minimum Gasteiger partial charge on any atom is -0.346 e. The first-order chi connectivity index (χ1) is 11.4. The third kappa shape index (κ3) is 3.61. The molecule has 3 rings (SSSR count). The second-order valence-electron chi connectivity index (χ2n) is 6.16. The molecule has 0 bridgehead atoms. The predicted molar refractivity (Wildman–Crippen MR) is 106 cm³/mol. The maximum atomic E-state index is 6.37. The molecule has 0 N–H and O–H groups in total. The van der Waals surface area contributed by atoms with E-state index in [9.17, 15) is 0 Å². The fraction of sp³-hybridized carbons (Fsp3) is 0.368. The Hall–Kier alpha value is -1.09. The summed E-state index contributed by atoms with van der Waals surface area (Å²) in [7, 11) is 0. The zero-order valence-corrected chi connectivity index (χ0v) is 16.1. The lowest BCUT2D eigenvalue weighted by Gasteiger charge is -2.37. The van der Waals surface area contributed by atoms with Gasteiger partial charge in [0.1, 0.15) is 0 Å². The summed E-state index contributed by atoms with van der Waals surface area (Å²) in [5, 5.41) is 0. The molecule has 0 spiro atoms. The van der Waals surface area contributed by atoms with Crippen LogP contribution in [0.4, 0.5) is 11.4 Å². The minimum atomic E-state index is -1.41. The molecule has 0 amide bonds. The number of hydrogen-bond donors (Lipinski definition) is 0. The van der Waals surface area contributed by atoms with E-state index in [2.05, 4.69) is 72.2 Å². The second-order valence-corrected chi connectivity index (χ2v) is 8.53. The third-order valence-electron chi connectivity index (χ3n) is 4.51. The van der Waals surface area contributed by atoms with E-state index in [1.165, 1.54) is 11.1 Å². The van der Waals surface area contributed by atoms with Crippen molar-refractivity contribution in [1.82, 2.24) is 0 Å². The summed E-state index contributed by atoms with van der Waals surface area (Å²) in [5.41, 5.74) is 4.68. The fourth-order valence-corrected chi connectivity index (χ4v) is 3.89. The van der Waals surface area contributed by atoms with Gasteiger partial charge in [-0.15, -0.1) is 0 Å². The Morgan fingerprint density at radius 3 is 1.75 bits per heavy atom. The van der Waals surface area contributed by atoms with E-state index in [1.807, 2.05) is 0 Å². The highest BCUT2D eigenvalue weighted by molar-refractivity contribution is 6.68. The first-order valence-electron chi connectivity index (χ1n) is 8.16. The van der Waals surface area contributed by atoms with Crippen molar-refractivity contribution in [2.24, 2.45) is 0 Å². The van der Waals surface area contributed by atoms with Crippen molar-refractivity contribution in [3.05, 3.63) is 59.7 Å². The summed E-state index contributed by atoms with van der Waals surface area (Å²) in [6.07, 6.45) is 0.682. The molecule has 0 saturated carbocycles. The molecule has 1 fully saturated rings. The van der Waals surface area contributed by atoms with Gasteiger partial charge in [0.2, 0.25) is 3.79 Å². The van der Waals surface area contributed by atoms with Gasteiger partial charge in [0.25, 0.3) is 0 Å². The predicted octanol–water partition coefficient (Wildman–Crippen LogP) is 5.58. The highest BCUT2D eigenvalue weighted by Gasteiger charge is 2.45. The molecule has 1 aliphatic heterocycles. The van der Waals surface area contributed by atoms with Crippen molar-refractivity contribution >= 4 is 46.2 Å². The SMILES string of the molecule is CCc1ccc(N2CCN(c3ccc(C)cc3)C2C(Cl)(Cl)Cl)cc1. The molecule has 0 aromatic heterocycles. The van der Waals surface area contributed by atoms with Gasteiger partial charge in [0, 0.05) is 24.5 Å². The van der Waals surface area contributed by atoms with Gasteiger partial charge < -0.3 is 9.80 Å². The van der Waals surface area contributed by atoms with Crippen molar-refractivity contribution in [2.45, 2.75) is 30.2 Å². The highest BCUT2D eigenvalue weighted by Crippen LogP contribution is 2.41. The third-order valence-corrected chi connectivity index (χ3v) is 5.09. The van der Waals surface area contributed by atoms with E-state index < -0.39 is 3.79 Å². The molecule has 128 valence electrons. The minimum absolute atomic E-state index is 0.335. The Bertz CT molecular complexity index is 677. The Balaban J connectivity index is 1.94. The lowest BCUT2D eigenvalue weighted by Crippen LogP contribution is -2.48. The molecule has 5 heteroatoms. The molecule has 2 aromatic rings. The van der Waals surface area contributed by atoms with E-state index in [0.717, 1.165) is 30.9 Å². The van der Waals surface area contributed by atoms with E-state index >= 15 is 0 Å². The van der Waals surface area contributed by atoms with Crippen LogP contribution < -0.4 is 9.80 Å². The summed E-state index contributed by atoms with van der Waals surface area (Å²) in [4.78, 5) is 4.34. The van der Waals surface area contributed by atoms with Gasteiger partial charge in [-0.05, 0) is 43.2 Å². The molecule has 0 aliphatic carbocycles. The van der Waals surface area contributed by atoms with Crippen molar-refractivity contribution < 1.29 is 0 Å². The van der Waals surface area contributed by atoms with Crippen molar-refractivity contribution in [2.75, 3.05) is 22.9 Å². The van der Waals surface area contributed by atoms with Gasteiger partial charge in [-0.3, -0.25) is 0 Å². The number of halogens is 3. The van der Waals surface area contributed by atoms with Gasteiger partial charge in [-0.25, -0.2) is 0 Å². The van der Waals surface area contributed by atoms with Crippen LogP contribution in [0.1, 0.15) is 18.1 Å². The van der Waals surface area contributed by atoms with Gasteiger partial charge in [-0.2, -0.15) is 0 Å². The molecule has 24 heavy (non-hydrogen) atoms. The quantitative estimate of drug-likeness (QED) is 0.638. The lowest BCUT2D eigenvalue weighted by molar-refractivity contribution is 0.681. The number of anilines is 2. The lowest BCUT2D eigenvalue weighted by atomic mass is 10.1. The van der Waals surface area contributed by atoms with Gasteiger partial charge in [0.15, 0.2) is 6.17 Å². The fourth-order valence-electron chi connectivity index (χ4n) is 3.18. The summed E-state index contributed by atoms with van der Waals surface area (Å²) < 4.78 is -1.41. The monoisotopic (exact) mass is 382 g/mol. The summed E-state index contributed by atoms with van der Waals surface area (Å²) >= 11 is 19.1. The Morgan fingerprint density at radius 2 is 1.33 bits per heavy atom. The van der Waals surface area contributed by atoms with Crippen molar-refractivity contribution in [3.63, 3.8) is 0 Å². The molecule has 2 nitrogen and oxygen atoms in total. The standard InChI is InChI=1S/C19H21Cl3N2/c1-3-15-6-10-17(11-7-15)24-13-12-23(18(24)19(20,21)22)16-8-4-14(2)5-9-16/h4-11,18H,3,12-13H2,1-2H3. The molecular formula is C19H21Cl3N2. The number of nitrogens with zero attached hydrogens (tertiary/aromatic N) is 2. The first kappa shape index (κ1) is 17.7. The number of hydrogen-bond acceptors (Lipinski definition) is 2. The number of benzene rings is 2. The molecule has 1 atom stereocenters. The molecule has 1 saturated heterocycles. The summed E-state index contributed by atoms with van der Waals surface area (Å²) in [5.74, 6) is 0. The normalized spacial score (nSPS) is 18.3.